The molecule has 0 heterocycles. The maximum Gasteiger partial charge on any atom is 0.170 e. The first-order valence-electron chi connectivity index (χ1n) is 3.70. The van der Waals surface area contributed by atoms with E-state index < -0.39 is 0 Å². The molecule has 0 rings (SSSR count). The lowest BCUT2D eigenvalue weighted by molar-refractivity contribution is 0.494. The van der Waals surface area contributed by atoms with E-state index in [1.807, 2.05) is 27.7 Å². The van der Waals surface area contributed by atoms with Crippen molar-refractivity contribution in [3.8, 4) is 0 Å². The monoisotopic (exact) mass is 190 g/mol. The van der Waals surface area contributed by atoms with Crippen molar-refractivity contribution in [2.24, 2.45) is 11.8 Å². The molecule has 0 aromatic rings. The van der Waals surface area contributed by atoms with Crippen molar-refractivity contribution >= 4 is 34.5 Å². The third-order valence-corrected chi connectivity index (χ3v) is 2.25. The minimum absolute atomic E-state index is 0.265. The van der Waals surface area contributed by atoms with Gasteiger partial charge in [-0.15, -0.1) is 0 Å². The van der Waals surface area contributed by atoms with Gasteiger partial charge in [0.1, 0.15) is 0 Å². The fourth-order valence-corrected chi connectivity index (χ4v) is 0.567. The summed E-state index contributed by atoms with van der Waals surface area (Å²) >= 11 is 9.93. The van der Waals surface area contributed by atoms with Crippen molar-refractivity contribution in [1.82, 2.24) is 0 Å². The summed E-state index contributed by atoms with van der Waals surface area (Å²) < 4.78 is 5.24. The molecule has 0 aromatic heterocycles. The van der Waals surface area contributed by atoms with E-state index in [1.165, 1.54) is 0 Å². The highest BCUT2D eigenvalue weighted by atomic mass is 32.1. The molecule has 0 N–H and O–H groups in total. The van der Waals surface area contributed by atoms with Gasteiger partial charge in [-0.25, -0.2) is 0 Å². The summed E-state index contributed by atoms with van der Waals surface area (Å²) in [6.45, 7) is 7.97. The first-order valence-corrected chi connectivity index (χ1v) is 4.52. The third kappa shape index (κ3) is 4.43. The van der Waals surface area contributed by atoms with Gasteiger partial charge in [0.15, 0.2) is 10.1 Å². The van der Waals surface area contributed by atoms with Crippen LogP contribution < -0.4 is 0 Å². The molecule has 3 heteroatoms. The molecule has 0 bridgehead atoms. The highest BCUT2D eigenvalue weighted by Crippen LogP contribution is 2.05. The van der Waals surface area contributed by atoms with E-state index in [1.54, 1.807) is 0 Å². The van der Waals surface area contributed by atoms with Gasteiger partial charge in [-0.2, -0.15) is 0 Å². The van der Waals surface area contributed by atoms with Crippen molar-refractivity contribution in [3.05, 3.63) is 0 Å². The van der Waals surface area contributed by atoms with Crippen LogP contribution in [-0.2, 0) is 4.74 Å². The number of hydrogen-bond donors (Lipinski definition) is 0. The Morgan fingerprint density at radius 1 is 0.909 bits per heavy atom. The zero-order chi connectivity index (χ0) is 9.02. The first kappa shape index (κ1) is 11.0. The third-order valence-electron chi connectivity index (χ3n) is 1.14. The average Bonchev–Trinajstić information content (AvgIpc) is 1.87. The molecule has 0 aliphatic heterocycles. The zero-order valence-corrected chi connectivity index (χ0v) is 9.01. The van der Waals surface area contributed by atoms with Gasteiger partial charge in [0.25, 0.3) is 0 Å². The van der Waals surface area contributed by atoms with Gasteiger partial charge in [0.2, 0.25) is 0 Å². The summed E-state index contributed by atoms with van der Waals surface area (Å²) in [4.78, 5) is 0. The molecule has 0 spiro atoms. The molecule has 0 radical (unpaired) electrons. The summed E-state index contributed by atoms with van der Waals surface area (Å²) in [5.74, 6) is 0.531. The van der Waals surface area contributed by atoms with E-state index >= 15 is 0 Å². The molecule has 0 unspecified atom stereocenters. The predicted molar refractivity (Wildman–Crippen MR) is 56.0 cm³/mol. The second kappa shape index (κ2) is 4.78. The fourth-order valence-electron chi connectivity index (χ4n) is 0.335. The van der Waals surface area contributed by atoms with E-state index in [4.69, 9.17) is 29.2 Å². The zero-order valence-electron chi connectivity index (χ0n) is 7.38. The molecule has 0 amide bonds. The molecule has 0 fully saturated rings. The maximum atomic E-state index is 5.24. The first-order chi connectivity index (χ1) is 4.95. The van der Waals surface area contributed by atoms with Gasteiger partial charge in [0.05, 0.1) is 0 Å². The SMILES string of the molecule is CC(C)C(=S)OC(=S)C(C)C. The van der Waals surface area contributed by atoms with Gasteiger partial charge in [-0.3, -0.25) is 0 Å². The highest BCUT2D eigenvalue weighted by molar-refractivity contribution is 7.81. The fraction of sp³-hybridized carbons (Fsp3) is 0.750. The summed E-state index contributed by atoms with van der Waals surface area (Å²) in [5.41, 5.74) is 0. The Kier molecular flexibility index (Phi) is 4.77. The van der Waals surface area contributed by atoms with Crippen molar-refractivity contribution in [3.63, 3.8) is 0 Å². The smallest absolute Gasteiger partial charge is 0.170 e. The number of rotatable bonds is 2. The minimum Gasteiger partial charge on any atom is -0.443 e. The topological polar surface area (TPSA) is 9.23 Å². The average molecular weight is 190 g/mol. The van der Waals surface area contributed by atoms with Crippen LogP contribution in [0.2, 0.25) is 0 Å². The molecule has 64 valence electrons. The summed E-state index contributed by atoms with van der Waals surface area (Å²) in [5, 5.41) is 1.17. The molecule has 0 atom stereocenters. The molecule has 0 aliphatic rings. The second-order valence-electron chi connectivity index (χ2n) is 3.05. The van der Waals surface area contributed by atoms with E-state index in [0.29, 0.717) is 10.1 Å². The number of ether oxygens (including phenoxy) is 1. The Morgan fingerprint density at radius 2 is 1.18 bits per heavy atom. The second-order valence-corrected chi connectivity index (χ2v) is 3.85. The largest absolute Gasteiger partial charge is 0.443 e. The summed E-state index contributed by atoms with van der Waals surface area (Å²) in [7, 11) is 0. The van der Waals surface area contributed by atoms with Crippen LogP contribution in [0.25, 0.3) is 0 Å². The van der Waals surface area contributed by atoms with Crippen LogP contribution in [0, 0.1) is 11.8 Å². The van der Waals surface area contributed by atoms with Crippen LogP contribution >= 0.6 is 24.4 Å². The van der Waals surface area contributed by atoms with E-state index in [2.05, 4.69) is 0 Å². The normalized spacial score (nSPS) is 10.4. The van der Waals surface area contributed by atoms with E-state index in [9.17, 15) is 0 Å². The lowest BCUT2D eigenvalue weighted by Crippen LogP contribution is -2.17. The van der Waals surface area contributed by atoms with Crippen LogP contribution in [0.4, 0.5) is 0 Å². The molecular formula is C8H14OS2. The Morgan fingerprint density at radius 3 is 1.36 bits per heavy atom. The highest BCUT2D eigenvalue weighted by Gasteiger charge is 2.09. The van der Waals surface area contributed by atoms with Crippen LogP contribution in [0.1, 0.15) is 27.7 Å². The van der Waals surface area contributed by atoms with Crippen LogP contribution in [0.3, 0.4) is 0 Å². The lowest BCUT2D eigenvalue weighted by atomic mass is 10.2. The Balaban J connectivity index is 3.86. The number of thiocarbonyl (C=S) groups is 2. The summed E-state index contributed by atoms with van der Waals surface area (Å²) in [6, 6.07) is 0. The van der Waals surface area contributed by atoms with Crippen LogP contribution in [0.5, 0.6) is 0 Å². The van der Waals surface area contributed by atoms with Gasteiger partial charge in [-0.1, -0.05) is 27.7 Å². The maximum absolute atomic E-state index is 5.24. The van der Waals surface area contributed by atoms with Gasteiger partial charge in [0, 0.05) is 11.8 Å². The standard InChI is InChI=1S/C8H14OS2/c1-5(2)7(10)9-8(11)6(3)4/h5-6H,1-4H3. The van der Waals surface area contributed by atoms with Crippen molar-refractivity contribution < 1.29 is 4.74 Å². The Labute approximate surface area is 79.1 Å². The van der Waals surface area contributed by atoms with Crippen LogP contribution in [0.15, 0.2) is 0 Å². The van der Waals surface area contributed by atoms with Gasteiger partial charge in [-0.05, 0) is 24.4 Å². The predicted octanol–water partition coefficient (Wildman–Crippen LogP) is 2.97. The Bertz CT molecular complexity index is 143. The van der Waals surface area contributed by atoms with E-state index in [0.717, 1.165) is 0 Å². The number of hydrogen-bond acceptors (Lipinski definition) is 3. The van der Waals surface area contributed by atoms with Crippen molar-refractivity contribution in [1.29, 1.82) is 0 Å². The molecule has 11 heavy (non-hydrogen) atoms. The van der Waals surface area contributed by atoms with Crippen molar-refractivity contribution in [2.45, 2.75) is 27.7 Å². The molecule has 1 nitrogen and oxygen atoms in total. The molecule has 0 aromatic carbocycles. The van der Waals surface area contributed by atoms with Gasteiger partial charge < -0.3 is 4.74 Å². The Hall–Kier alpha value is -0.0200. The van der Waals surface area contributed by atoms with Crippen LogP contribution in [-0.4, -0.2) is 10.1 Å². The quantitative estimate of drug-likeness (QED) is 0.620. The summed E-state index contributed by atoms with van der Waals surface area (Å²) in [6.07, 6.45) is 0. The van der Waals surface area contributed by atoms with E-state index in [-0.39, 0.29) is 11.8 Å². The minimum atomic E-state index is 0.265. The molecule has 0 saturated carbocycles. The molecule has 0 aliphatic carbocycles. The molecular weight excluding hydrogens is 176 g/mol. The molecule has 0 saturated heterocycles. The van der Waals surface area contributed by atoms with Gasteiger partial charge >= 0.3 is 0 Å². The van der Waals surface area contributed by atoms with Crippen molar-refractivity contribution in [2.75, 3.05) is 0 Å². The lowest BCUT2D eigenvalue weighted by Gasteiger charge is -2.12.